The third-order valence-corrected chi connectivity index (χ3v) is 2.79. The van der Waals surface area contributed by atoms with Crippen LogP contribution in [-0.2, 0) is 13.6 Å². The Balaban J connectivity index is 0.00000256. The van der Waals surface area contributed by atoms with Crippen molar-refractivity contribution < 1.29 is 0 Å². The fourth-order valence-corrected chi connectivity index (χ4v) is 2.28. The SMILES string of the molecule is CC(C)CC(C)(C)CNCc1ccnn1C.Cl. The molecule has 0 aliphatic heterocycles. The first-order valence-electron chi connectivity index (χ1n) is 6.08. The second kappa shape index (κ2) is 7.02. The number of hydrogen-bond donors (Lipinski definition) is 1. The molecule has 0 unspecified atom stereocenters. The first kappa shape index (κ1) is 16.5. The van der Waals surface area contributed by atoms with Crippen molar-refractivity contribution in [1.29, 1.82) is 0 Å². The van der Waals surface area contributed by atoms with Crippen molar-refractivity contribution in [3.63, 3.8) is 0 Å². The zero-order chi connectivity index (χ0) is 12.2. The summed E-state index contributed by atoms with van der Waals surface area (Å²) in [4.78, 5) is 0. The summed E-state index contributed by atoms with van der Waals surface area (Å²) in [5.74, 6) is 0.758. The summed E-state index contributed by atoms with van der Waals surface area (Å²) in [5.41, 5.74) is 1.60. The van der Waals surface area contributed by atoms with Crippen LogP contribution in [0, 0.1) is 11.3 Å². The molecule has 0 spiro atoms. The minimum atomic E-state index is 0. The predicted molar refractivity (Wildman–Crippen MR) is 75.4 cm³/mol. The van der Waals surface area contributed by atoms with E-state index in [-0.39, 0.29) is 12.4 Å². The van der Waals surface area contributed by atoms with Crippen LogP contribution in [0.15, 0.2) is 12.3 Å². The molecule has 100 valence electrons. The zero-order valence-corrected chi connectivity index (χ0v) is 12.5. The molecule has 0 atom stereocenters. The summed E-state index contributed by atoms with van der Waals surface area (Å²) in [6, 6.07) is 2.06. The number of aryl methyl sites for hydroxylation is 1. The first-order chi connectivity index (χ1) is 7.41. The normalized spacial score (nSPS) is 11.6. The average Bonchev–Trinajstić information content (AvgIpc) is 2.49. The Morgan fingerprint density at radius 2 is 2.06 bits per heavy atom. The van der Waals surface area contributed by atoms with E-state index in [0.717, 1.165) is 19.0 Å². The highest BCUT2D eigenvalue weighted by molar-refractivity contribution is 5.85. The van der Waals surface area contributed by atoms with Gasteiger partial charge in [0, 0.05) is 26.3 Å². The summed E-state index contributed by atoms with van der Waals surface area (Å²) in [5, 5.41) is 7.67. The molecule has 0 amide bonds. The van der Waals surface area contributed by atoms with E-state index in [1.54, 1.807) is 0 Å². The van der Waals surface area contributed by atoms with Crippen LogP contribution in [0.5, 0.6) is 0 Å². The highest BCUT2D eigenvalue weighted by atomic mass is 35.5. The first-order valence-corrected chi connectivity index (χ1v) is 6.08. The van der Waals surface area contributed by atoms with Gasteiger partial charge in [-0.05, 0) is 23.8 Å². The highest BCUT2D eigenvalue weighted by Gasteiger charge is 2.18. The lowest BCUT2D eigenvalue weighted by Gasteiger charge is -2.27. The van der Waals surface area contributed by atoms with Gasteiger partial charge in [0.05, 0.1) is 5.69 Å². The summed E-state index contributed by atoms with van der Waals surface area (Å²) >= 11 is 0. The second-order valence-corrected chi connectivity index (χ2v) is 5.81. The number of aromatic nitrogens is 2. The summed E-state index contributed by atoms with van der Waals surface area (Å²) in [7, 11) is 1.98. The Kier molecular flexibility index (Phi) is 6.80. The van der Waals surface area contributed by atoms with Crippen LogP contribution in [0.4, 0.5) is 0 Å². The summed E-state index contributed by atoms with van der Waals surface area (Å²) in [6.45, 7) is 11.2. The van der Waals surface area contributed by atoms with Crippen LogP contribution in [0.2, 0.25) is 0 Å². The Bertz CT molecular complexity index is 318. The lowest BCUT2D eigenvalue weighted by Crippen LogP contribution is -2.30. The molecule has 0 bridgehead atoms. The topological polar surface area (TPSA) is 29.9 Å². The molecule has 1 N–H and O–H groups in total. The molecule has 1 aromatic heterocycles. The Morgan fingerprint density at radius 1 is 1.41 bits per heavy atom. The minimum Gasteiger partial charge on any atom is -0.311 e. The number of nitrogens with zero attached hydrogens (tertiary/aromatic N) is 2. The molecule has 0 aliphatic carbocycles. The molecule has 0 saturated carbocycles. The van der Waals surface area contributed by atoms with Gasteiger partial charge in [0.25, 0.3) is 0 Å². The number of halogens is 1. The van der Waals surface area contributed by atoms with Crippen LogP contribution in [0.3, 0.4) is 0 Å². The molecule has 0 saturated heterocycles. The van der Waals surface area contributed by atoms with Crippen molar-refractivity contribution >= 4 is 12.4 Å². The third-order valence-electron chi connectivity index (χ3n) is 2.79. The minimum absolute atomic E-state index is 0. The van der Waals surface area contributed by atoms with Gasteiger partial charge >= 0.3 is 0 Å². The molecule has 0 radical (unpaired) electrons. The maximum Gasteiger partial charge on any atom is 0.0518 e. The lowest BCUT2D eigenvalue weighted by molar-refractivity contribution is 0.272. The fraction of sp³-hybridized carbons (Fsp3) is 0.769. The molecular weight excluding hydrogens is 234 g/mol. The van der Waals surface area contributed by atoms with Gasteiger partial charge in [0.2, 0.25) is 0 Å². The van der Waals surface area contributed by atoms with Crippen LogP contribution in [-0.4, -0.2) is 16.3 Å². The van der Waals surface area contributed by atoms with Crippen molar-refractivity contribution in [3.05, 3.63) is 18.0 Å². The van der Waals surface area contributed by atoms with Gasteiger partial charge in [-0.25, -0.2) is 0 Å². The van der Waals surface area contributed by atoms with Crippen molar-refractivity contribution in [2.24, 2.45) is 18.4 Å². The quantitative estimate of drug-likeness (QED) is 0.851. The average molecular weight is 260 g/mol. The lowest BCUT2D eigenvalue weighted by atomic mass is 9.84. The molecule has 0 aromatic carbocycles. The molecule has 3 nitrogen and oxygen atoms in total. The van der Waals surface area contributed by atoms with Crippen LogP contribution >= 0.6 is 12.4 Å². The smallest absolute Gasteiger partial charge is 0.0518 e. The summed E-state index contributed by atoms with van der Waals surface area (Å²) in [6.07, 6.45) is 3.10. The van der Waals surface area contributed by atoms with Gasteiger partial charge in [-0.3, -0.25) is 4.68 Å². The van der Waals surface area contributed by atoms with Crippen molar-refractivity contribution in [3.8, 4) is 0 Å². The Morgan fingerprint density at radius 3 is 2.53 bits per heavy atom. The monoisotopic (exact) mass is 259 g/mol. The van der Waals surface area contributed by atoms with E-state index in [0.29, 0.717) is 5.41 Å². The fourth-order valence-electron chi connectivity index (χ4n) is 2.28. The third kappa shape index (κ3) is 6.08. The van der Waals surface area contributed by atoms with Crippen LogP contribution in [0.1, 0.15) is 39.8 Å². The molecular formula is C13H26ClN3. The molecule has 1 heterocycles. The molecule has 4 heteroatoms. The van der Waals surface area contributed by atoms with E-state index in [2.05, 4.69) is 44.2 Å². The standard InChI is InChI=1S/C13H25N3.ClH/c1-11(2)8-13(3,4)10-14-9-12-6-7-15-16(12)5;/h6-7,11,14H,8-10H2,1-5H3;1H. The van der Waals surface area contributed by atoms with Crippen LogP contribution in [0.25, 0.3) is 0 Å². The molecule has 1 rings (SSSR count). The van der Waals surface area contributed by atoms with E-state index in [9.17, 15) is 0 Å². The number of hydrogen-bond acceptors (Lipinski definition) is 2. The van der Waals surface area contributed by atoms with Crippen molar-refractivity contribution in [1.82, 2.24) is 15.1 Å². The maximum absolute atomic E-state index is 4.16. The van der Waals surface area contributed by atoms with E-state index >= 15 is 0 Å². The highest BCUT2D eigenvalue weighted by Crippen LogP contribution is 2.24. The van der Waals surface area contributed by atoms with E-state index in [1.165, 1.54) is 12.1 Å². The van der Waals surface area contributed by atoms with Gasteiger partial charge in [0.1, 0.15) is 0 Å². The van der Waals surface area contributed by atoms with Crippen molar-refractivity contribution in [2.75, 3.05) is 6.54 Å². The molecule has 17 heavy (non-hydrogen) atoms. The predicted octanol–water partition coefficient (Wildman–Crippen LogP) is 3.00. The van der Waals surface area contributed by atoms with Gasteiger partial charge in [-0.15, -0.1) is 12.4 Å². The van der Waals surface area contributed by atoms with E-state index in [1.807, 2.05) is 17.9 Å². The van der Waals surface area contributed by atoms with Gasteiger partial charge in [-0.2, -0.15) is 5.10 Å². The van der Waals surface area contributed by atoms with Gasteiger partial charge in [0.15, 0.2) is 0 Å². The maximum atomic E-state index is 4.16. The Labute approximate surface area is 111 Å². The van der Waals surface area contributed by atoms with Crippen molar-refractivity contribution in [2.45, 2.75) is 40.7 Å². The summed E-state index contributed by atoms with van der Waals surface area (Å²) < 4.78 is 1.92. The second-order valence-electron chi connectivity index (χ2n) is 5.81. The molecule has 1 aromatic rings. The van der Waals surface area contributed by atoms with E-state index < -0.39 is 0 Å². The Hall–Kier alpha value is -0.540. The molecule has 0 fully saturated rings. The van der Waals surface area contributed by atoms with Gasteiger partial charge in [-0.1, -0.05) is 27.7 Å². The molecule has 0 aliphatic rings. The number of rotatable bonds is 6. The van der Waals surface area contributed by atoms with Gasteiger partial charge < -0.3 is 5.32 Å². The van der Waals surface area contributed by atoms with E-state index in [4.69, 9.17) is 0 Å². The van der Waals surface area contributed by atoms with Crippen LogP contribution < -0.4 is 5.32 Å². The number of nitrogens with one attached hydrogen (secondary N) is 1. The zero-order valence-electron chi connectivity index (χ0n) is 11.7. The largest absolute Gasteiger partial charge is 0.311 e.